The monoisotopic (exact) mass is 253 g/mol. The quantitative estimate of drug-likeness (QED) is 0.720. The van der Waals surface area contributed by atoms with Crippen LogP contribution in [0.25, 0.3) is 11.5 Å². The maximum Gasteiger partial charge on any atom is 0.182 e. The zero-order chi connectivity index (χ0) is 10.1. The normalized spacial score (nSPS) is 10.5. The van der Waals surface area contributed by atoms with Gasteiger partial charge in [0.2, 0.25) is 0 Å². The van der Waals surface area contributed by atoms with Gasteiger partial charge in [0, 0.05) is 13.1 Å². The summed E-state index contributed by atoms with van der Waals surface area (Å²) in [5.41, 5.74) is 0.759. The van der Waals surface area contributed by atoms with Crippen molar-refractivity contribution >= 4 is 15.9 Å². The van der Waals surface area contributed by atoms with E-state index >= 15 is 0 Å². The highest BCUT2D eigenvalue weighted by Crippen LogP contribution is 2.16. The molecule has 0 amide bonds. The van der Waals surface area contributed by atoms with Crippen molar-refractivity contribution in [2.75, 3.05) is 0 Å². The lowest BCUT2D eigenvalue weighted by Crippen LogP contribution is -1.97. The summed E-state index contributed by atoms with van der Waals surface area (Å²) in [7, 11) is 1.90. The lowest BCUT2D eigenvalue weighted by atomic mass is 10.4. The van der Waals surface area contributed by atoms with Crippen molar-refractivity contribution in [2.24, 2.45) is 7.05 Å². The molecule has 0 spiro atoms. The zero-order valence-corrected chi connectivity index (χ0v) is 9.35. The van der Waals surface area contributed by atoms with E-state index in [0.29, 0.717) is 0 Å². The standard InChI is InChI=1S/C8H8BrN5/c1-5-12-13-8(14(5)2)6-3-7(9)11-4-10-6/h3-4H,1-2H3. The molecule has 0 aliphatic rings. The number of halogens is 1. The maximum absolute atomic E-state index is 4.12. The Kier molecular flexibility index (Phi) is 2.28. The van der Waals surface area contributed by atoms with E-state index in [1.807, 2.05) is 24.6 Å². The van der Waals surface area contributed by atoms with Gasteiger partial charge in [-0.1, -0.05) is 0 Å². The highest BCUT2D eigenvalue weighted by molar-refractivity contribution is 9.10. The summed E-state index contributed by atoms with van der Waals surface area (Å²) >= 11 is 3.28. The Morgan fingerprint density at radius 2 is 2.07 bits per heavy atom. The first-order valence-corrected chi connectivity index (χ1v) is 4.81. The second kappa shape index (κ2) is 3.45. The van der Waals surface area contributed by atoms with Crippen molar-refractivity contribution in [2.45, 2.75) is 6.92 Å². The molecule has 0 N–H and O–H groups in total. The van der Waals surface area contributed by atoms with Gasteiger partial charge in [-0.2, -0.15) is 0 Å². The molecule has 2 aromatic rings. The van der Waals surface area contributed by atoms with Gasteiger partial charge in [0.1, 0.15) is 22.4 Å². The molecule has 5 nitrogen and oxygen atoms in total. The van der Waals surface area contributed by atoms with E-state index in [9.17, 15) is 0 Å². The van der Waals surface area contributed by atoms with E-state index in [-0.39, 0.29) is 0 Å². The summed E-state index contributed by atoms with van der Waals surface area (Å²) in [6.07, 6.45) is 1.49. The van der Waals surface area contributed by atoms with Gasteiger partial charge >= 0.3 is 0 Å². The molecule has 0 unspecified atom stereocenters. The molecule has 2 rings (SSSR count). The van der Waals surface area contributed by atoms with Gasteiger partial charge in [0.15, 0.2) is 5.82 Å². The summed E-state index contributed by atoms with van der Waals surface area (Å²) in [5.74, 6) is 1.60. The molecule has 2 heterocycles. The van der Waals surface area contributed by atoms with Crippen LogP contribution in [0, 0.1) is 6.92 Å². The highest BCUT2D eigenvalue weighted by Gasteiger charge is 2.08. The lowest BCUT2D eigenvalue weighted by molar-refractivity contribution is 0.860. The smallest absolute Gasteiger partial charge is 0.182 e. The van der Waals surface area contributed by atoms with Crippen molar-refractivity contribution in [3.05, 3.63) is 22.8 Å². The van der Waals surface area contributed by atoms with E-state index in [2.05, 4.69) is 36.1 Å². The number of rotatable bonds is 1. The molecular weight excluding hydrogens is 246 g/mol. The van der Waals surface area contributed by atoms with Gasteiger partial charge in [0.05, 0.1) is 0 Å². The molecule has 0 saturated carbocycles. The maximum atomic E-state index is 4.12. The van der Waals surface area contributed by atoms with Crippen molar-refractivity contribution < 1.29 is 0 Å². The average Bonchev–Trinajstić information content (AvgIpc) is 2.48. The van der Waals surface area contributed by atoms with Crippen LogP contribution in [0.1, 0.15) is 5.82 Å². The predicted octanol–water partition coefficient (Wildman–Crippen LogP) is 1.34. The molecular formula is C8H8BrN5. The molecule has 2 aromatic heterocycles. The van der Waals surface area contributed by atoms with Gasteiger partial charge in [-0.3, -0.25) is 0 Å². The number of aromatic nitrogens is 5. The van der Waals surface area contributed by atoms with Gasteiger partial charge in [0.25, 0.3) is 0 Å². The fourth-order valence-electron chi connectivity index (χ4n) is 1.09. The molecule has 0 saturated heterocycles. The molecule has 0 radical (unpaired) electrons. The SMILES string of the molecule is Cc1nnc(-c2cc(Br)ncn2)n1C. The number of aryl methyl sites for hydroxylation is 1. The summed E-state index contributed by atoms with van der Waals surface area (Å²) in [5, 5.41) is 7.99. The topological polar surface area (TPSA) is 56.5 Å². The third kappa shape index (κ3) is 1.52. The van der Waals surface area contributed by atoms with E-state index < -0.39 is 0 Å². The van der Waals surface area contributed by atoms with Crippen LogP contribution in [0.15, 0.2) is 17.0 Å². The zero-order valence-electron chi connectivity index (χ0n) is 7.77. The fourth-order valence-corrected chi connectivity index (χ4v) is 1.39. The number of nitrogens with zero attached hydrogens (tertiary/aromatic N) is 5. The van der Waals surface area contributed by atoms with Crippen LogP contribution in [0.4, 0.5) is 0 Å². The molecule has 0 aliphatic carbocycles. The van der Waals surface area contributed by atoms with E-state index in [0.717, 1.165) is 21.9 Å². The first kappa shape index (κ1) is 9.26. The van der Waals surface area contributed by atoms with Crippen molar-refractivity contribution in [1.29, 1.82) is 0 Å². The Labute approximate surface area is 89.4 Å². The Morgan fingerprint density at radius 3 is 2.64 bits per heavy atom. The lowest BCUT2D eigenvalue weighted by Gasteiger charge is -2.00. The van der Waals surface area contributed by atoms with Crippen LogP contribution < -0.4 is 0 Å². The number of hydrogen-bond acceptors (Lipinski definition) is 4. The first-order valence-electron chi connectivity index (χ1n) is 4.02. The van der Waals surface area contributed by atoms with E-state index in [1.54, 1.807) is 0 Å². The molecule has 0 atom stereocenters. The van der Waals surface area contributed by atoms with Crippen molar-refractivity contribution in [3.8, 4) is 11.5 Å². The first-order chi connectivity index (χ1) is 6.68. The van der Waals surface area contributed by atoms with Crippen molar-refractivity contribution in [1.82, 2.24) is 24.7 Å². The van der Waals surface area contributed by atoms with Gasteiger partial charge in [-0.05, 0) is 22.9 Å². The summed E-state index contributed by atoms with van der Waals surface area (Å²) in [6.45, 7) is 1.90. The molecule has 0 fully saturated rings. The van der Waals surface area contributed by atoms with E-state index in [1.165, 1.54) is 6.33 Å². The van der Waals surface area contributed by atoms with E-state index in [4.69, 9.17) is 0 Å². The molecule has 0 aromatic carbocycles. The van der Waals surface area contributed by atoms with Crippen molar-refractivity contribution in [3.63, 3.8) is 0 Å². The molecule has 0 bridgehead atoms. The minimum Gasteiger partial charge on any atom is -0.313 e. The molecule has 6 heteroatoms. The summed E-state index contributed by atoms with van der Waals surface area (Å²) in [6, 6.07) is 1.81. The Hall–Kier alpha value is -1.30. The predicted molar refractivity (Wildman–Crippen MR) is 54.5 cm³/mol. The van der Waals surface area contributed by atoms with Crippen LogP contribution in [0.5, 0.6) is 0 Å². The number of hydrogen-bond donors (Lipinski definition) is 0. The Morgan fingerprint density at radius 1 is 1.29 bits per heavy atom. The van der Waals surface area contributed by atoms with Crippen LogP contribution >= 0.6 is 15.9 Å². The second-order valence-electron chi connectivity index (χ2n) is 2.86. The highest BCUT2D eigenvalue weighted by atomic mass is 79.9. The second-order valence-corrected chi connectivity index (χ2v) is 3.67. The molecule has 72 valence electrons. The largest absolute Gasteiger partial charge is 0.313 e. The van der Waals surface area contributed by atoms with Crippen LogP contribution in [0.3, 0.4) is 0 Å². The molecule has 14 heavy (non-hydrogen) atoms. The summed E-state index contributed by atoms with van der Waals surface area (Å²) < 4.78 is 2.62. The van der Waals surface area contributed by atoms with Gasteiger partial charge < -0.3 is 4.57 Å². The minimum atomic E-state index is 0.739. The average molecular weight is 254 g/mol. The summed E-state index contributed by atoms with van der Waals surface area (Å²) in [4.78, 5) is 8.07. The minimum absolute atomic E-state index is 0.739. The van der Waals surface area contributed by atoms with Gasteiger partial charge in [-0.25, -0.2) is 9.97 Å². The third-order valence-electron chi connectivity index (χ3n) is 1.96. The fraction of sp³-hybridized carbons (Fsp3) is 0.250. The van der Waals surface area contributed by atoms with Crippen LogP contribution in [0.2, 0.25) is 0 Å². The molecule has 0 aliphatic heterocycles. The Balaban J connectivity index is 2.55. The van der Waals surface area contributed by atoms with Crippen LogP contribution in [-0.4, -0.2) is 24.7 Å². The third-order valence-corrected chi connectivity index (χ3v) is 2.39. The Bertz CT molecular complexity index is 465. The van der Waals surface area contributed by atoms with Crippen LogP contribution in [-0.2, 0) is 7.05 Å². The van der Waals surface area contributed by atoms with Gasteiger partial charge in [-0.15, -0.1) is 10.2 Å².